The Hall–Kier alpha value is -0.0100. The first-order valence-electron chi connectivity index (χ1n) is 5.04. The Kier molecular flexibility index (Phi) is 26.8. The van der Waals surface area contributed by atoms with Crippen molar-refractivity contribution in [2.24, 2.45) is 0 Å². The molecule has 0 fully saturated rings. The minimum absolute atomic E-state index is 0. The molecule has 0 saturated heterocycles. The Morgan fingerprint density at radius 2 is 1.70 bits per heavy atom. The molecule has 0 heterocycles. The zero-order valence-corrected chi connectivity index (χ0v) is 16.7. The largest absolute Gasteiger partial charge is 0.168 e. The Morgan fingerprint density at radius 1 is 1.05 bits per heavy atom. The Bertz CT molecular complexity index is 438. The minimum Gasteiger partial charge on any atom is -0.168 e. The van der Waals surface area contributed by atoms with E-state index >= 15 is 0 Å². The van der Waals surface area contributed by atoms with Crippen molar-refractivity contribution >= 4 is 17.7 Å². The average molecular weight is 401 g/mol. The van der Waals surface area contributed by atoms with Crippen LogP contribution in [-0.4, -0.2) is 6.88 Å². The summed E-state index contributed by atoms with van der Waals surface area (Å²) in [5, 5.41) is 2.66. The summed E-state index contributed by atoms with van der Waals surface area (Å²) in [6.07, 6.45) is 10.0. The molecule has 0 unspecified atom stereocenters. The zero-order valence-electron chi connectivity index (χ0n) is 11.7. The molecule has 0 saturated carbocycles. The molecule has 0 N–H and O–H groups in total. The van der Waals surface area contributed by atoms with Crippen molar-refractivity contribution in [3.05, 3.63) is 81.6 Å². The number of halogens is 2. The van der Waals surface area contributed by atoms with Crippen LogP contribution in [0.5, 0.6) is 0 Å². The van der Waals surface area contributed by atoms with Crippen LogP contribution in [0.4, 0.5) is 0 Å². The molecule has 108 valence electrons. The molecule has 0 nitrogen and oxygen atoms in total. The molecule has 0 amide bonds. The Balaban J connectivity index is -0.000000104. The molecule has 3 rings (SSSR count). The quantitative estimate of drug-likeness (QED) is 0.369. The van der Waals surface area contributed by atoms with Gasteiger partial charge in [-0.3, -0.25) is 6.08 Å². The van der Waals surface area contributed by atoms with E-state index in [1.165, 1.54) is 34.1 Å². The summed E-state index contributed by atoms with van der Waals surface area (Å²) in [5.74, 6) is 0. The second kappa shape index (κ2) is 19.0. The molecule has 0 bridgehead atoms. The maximum absolute atomic E-state index is 3.06. The smallest absolute Gasteiger partial charge is 0.0809 e. The third-order valence-electron chi connectivity index (χ3n) is 2.13. The van der Waals surface area contributed by atoms with Gasteiger partial charge in [-0.2, -0.15) is 23.6 Å². The van der Waals surface area contributed by atoms with Gasteiger partial charge in [-0.25, -0.2) is 12.2 Å². The molecular weight excluding hydrogens is 382 g/mol. The molecule has 1 aliphatic carbocycles. The summed E-state index contributed by atoms with van der Waals surface area (Å²) in [5.41, 5.74) is 0. The average Bonchev–Trinajstić information content (AvgIpc) is 3.06. The van der Waals surface area contributed by atoms with Crippen molar-refractivity contribution in [1.82, 2.24) is 0 Å². The second-order valence-electron chi connectivity index (χ2n) is 3.16. The van der Waals surface area contributed by atoms with Crippen LogP contribution in [0.15, 0.2) is 60.7 Å². The van der Waals surface area contributed by atoms with Crippen LogP contribution in [0.3, 0.4) is 0 Å². The normalized spacial score (nSPS) is 9.30. The van der Waals surface area contributed by atoms with Crippen molar-refractivity contribution in [3.63, 3.8) is 0 Å². The predicted octanol–water partition coefficient (Wildman–Crippen LogP) is -1.61. The van der Waals surface area contributed by atoms with Gasteiger partial charge < -0.3 is 39.7 Å². The number of fused-ring (bicyclic) bond motifs is 1. The monoisotopic (exact) mass is 398 g/mol. The van der Waals surface area contributed by atoms with Crippen molar-refractivity contribution in [2.45, 2.75) is 6.42 Å². The number of hydrogen-bond acceptors (Lipinski definition) is 0. The fourth-order valence-corrected chi connectivity index (χ4v) is 1.41. The summed E-state index contributed by atoms with van der Waals surface area (Å²) < 4.78 is 0. The molecular formula is C16H18Cl2SiZr-4. The van der Waals surface area contributed by atoms with Crippen molar-refractivity contribution < 1.29 is 48.1 Å². The van der Waals surface area contributed by atoms with E-state index in [9.17, 15) is 0 Å². The van der Waals surface area contributed by atoms with E-state index in [-0.39, 0.29) is 39.7 Å². The first kappa shape index (κ1) is 28.2. The Labute approximate surface area is 153 Å². The molecule has 2 aromatic rings. The predicted molar refractivity (Wildman–Crippen MR) is 79.7 cm³/mol. The van der Waals surface area contributed by atoms with E-state index in [0.717, 1.165) is 6.42 Å². The van der Waals surface area contributed by atoms with Crippen LogP contribution in [0, 0.1) is 20.9 Å². The number of hydrogen-bond donors (Lipinski definition) is 0. The van der Waals surface area contributed by atoms with E-state index in [0.29, 0.717) is 0 Å². The summed E-state index contributed by atoms with van der Waals surface area (Å²) in [7, 11) is 0. The Morgan fingerprint density at radius 3 is 2.15 bits per heavy atom. The summed E-state index contributed by atoms with van der Waals surface area (Å²) in [6, 6.07) is 14.7. The van der Waals surface area contributed by atoms with Gasteiger partial charge >= 0.3 is 30.2 Å². The SMILES string of the molecule is [C-]1=CC=CC1.[CH3-].[CH3-].[Cl-].[Cl-].[Si]=[Zr+2].c1ccc2[cH-]ccc2c1. The number of benzene rings is 1. The molecule has 2 aromatic carbocycles. The summed E-state index contributed by atoms with van der Waals surface area (Å²) in [4.78, 5) is 0. The van der Waals surface area contributed by atoms with Gasteiger partial charge in [0.15, 0.2) is 0 Å². The van der Waals surface area contributed by atoms with Gasteiger partial charge in [0.2, 0.25) is 0 Å². The minimum atomic E-state index is 0. The van der Waals surface area contributed by atoms with Gasteiger partial charge in [0.05, 0.1) is 0 Å². The molecule has 0 atom stereocenters. The van der Waals surface area contributed by atoms with Crippen LogP contribution in [-0.2, 0) is 23.3 Å². The van der Waals surface area contributed by atoms with E-state index < -0.39 is 0 Å². The molecule has 0 aromatic heterocycles. The van der Waals surface area contributed by atoms with Gasteiger partial charge in [-0.05, 0) is 0 Å². The van der Waals surface area contributed by atoms with Gasteiger partial charge in [0.25, 0.3) is 0 Å². The van der Waals surface area contributed by atoms with E-state index in [1.54, 1.807) is 0 Å². The van der Waals surface area contributed by atoms with E-state index in [2.05, 4.69) is 61.5 Å². The molecule has 4 heteroatoms. The van der Waals surface area contributed by atoms with E-state index in [4.69, 9.17) is 0 Å². The molecule has 0 aliphatic heterocycles. The van der Waals surface area contributed by atoms with Crippen molar-refractivity contribution in [3.8, 4) is 0 Å². The van der Waals surface area contributed by atoms with Crippen LogP contribution in [0.1, 0.15) is 6.42 Å². The first-order valence-corrected chi connectivity index (χ1v) is 9.23. The summed E-state index contributed by atoms with van der Waals surface area (Å²) in [6.45, 7) is 3.06. The molecule has 0 spiro atoms. The van der Waals surface area contributed by atoms with Crippen LogP contribution in [0.25, 0.3) is 10.8 Å². The molecule has 2 radical (unpaired) electrons. The van der Waals surface area contributed by atoms with Crippen LogP contribution < -0.4 is 24.8 Å². The van der Waals surface area contributed by atoms with Crippen molar-refractivity contribution in [1.29, 1.82) is 0 Å². The standard InChI is InChI=1S/C9H7.C5H5.2CH3.2ClH.Si.Zr/c1-2-5-9-7-3-6-8(9)4-1;1-2-4-5-3-1;;;;;;/h1-7H;1-3H,4H2;2*1H3;2*1H;;/q4*-1;;;;+2/p-2. The fourth-order valence-electron chi connectivity index (χ4n) is 1.41. The molecule has 20 heavy (non-hydrogen) atoms. The van der Waals surface area contributed by atoms with Crippen LogP contribution >= 0.6 is 0 Å². The topological polar surface area (TPSA) is 0 Å². The van der Waals surface area contributed by atoms with Crippen molar-refractivity contribution in [2.75, 3.05) is 0 Å². The third-order valence-corrected chi connectivity index (χ3v) is 2.13. The maximum atomic E-state index is 3.06. The van der Waals surface area contributed by atoms with Gasteiger partial charge in [-0.1, -0.05) is 6.07 Å². The summed E-state index contributed by atoms with van der Waals surface area (Å²) >= 11 is 1.36. The first-order chi connectivity index (χ1) is 7.97. The van der Waals surface area contributed by atoms with E-state index in [1.807, 2.05) is 12.2 Å². The van der Waals surface area contributed by atoms with Gasteiger partial charge in [0.1, 0.15) is 0 Å². The zero-order chi connectivity index (χ0) is 11.6. The fraction of sp³-hybridized carbons (Fsp3) is 0.0625. The van der Waals surface area contributed by atoms with Gasteiger partial charge in [-0.15, -0.1) is 36.1 Å². The number of rotatable bonds is 0. The number of allylic oxidation sites excluding steroid dienone is 4. The second-order valence-corrected chi connectivity index (χ2v) is 3.16. The molecule has 1 aliphatic rings. The van der Waals surface area contributed by atoms with Gasteiger partial charge in [0, 0.05) is 0 Å². The maximum Gasteiger partial charge on any atom is -0.0809 e. The van der Waals surface area contributed by atoms with Crippen LogP contribution in [0.2, 0.25) is 0 Å². The third kappa shape index (κ3) is 10.7.